The standard InChI is InChI=1S/C20H25ClN2O4S/c1-4-27-19-11-10-16(13-17(19)21)28(25,26)23-18(20(24)22-14(2)3)12-15-8-6-5-7-9-15/h5-11,13-14,18,23H,4,12H2,1-3H3,(H,22,24)/t18-/m1/s1. The van der Waals surface area contributed by atoms with Crippen molar-refractivity contribution >= 4 is 27.5 Å². The predicted molar refractivity (Wildman–Crippen MR) is 110 cm³/mol. The lowest BCUT2D eigenvalue weighted by molar-refractivity contribution is -0.123. The lowest BCUT2D eigenvalue weighted by Gasteiger charge is -2.20. The Morgan fingerprint density at radius 1 is 1.14 bits per heavy atom. The van der Waals surface area contributed by atoms with Gasteiger partial charge in [-0.15, -0.1) is 0 Å². The van der Waals surface area contributed by atoms with Crippen LogP contribution < -0.4 is 14.8 Å². The average molecular weight is 425 g/mol. The van der Waals surface area contributed by atoms with Crippen LogP contribution in [-0.4, -0.2) is 33.0 Å². The topological polar surface area (TPSA) is 84.5 Å². The molecule has 28 heavy (non-hydrogen) atoms. The van der Waals surface area contributed by atoms with Crippen LogP contribution in [0.4, 0.5) is 0 Å². The second kappa shape index (κ2) is 9.91. The van der Waals surface area contributed by atoms with Crippen LogP contribution in [0, 0.1) is 0 Å². The molecule has 0 aromatic heterocycles. The van der Waals surface area contributed by atoms with E-state index in [9.17, 15) is 13.2 Å². The monoisotopic (exact) mass is 424 g/mol. The van der Waals surface area contributed by atoms with Gasteiger partial charge < -0.3 is 10.1 Å². The highest BCUT2D eigenvalue weighted by Crippen LogP contribution is 2.27. The third-order valence-electron chi connectivity index (χ3n) is 3.84. The highest BCUT2D eigenvalue weighted by atomic mass is 35.5. The van der Waals surface area contributed by atoms with Gasteiger partial charge in [-0.05, 0) is 51.0 Å². The molecule has 2 aromatic carbocycles. The quantitative estimate of drug-likeness (QED) is 0.647. The first-order valence-electron chi connectivity index (χ1n) is 9.02. The predicted octanol–water partition coefficient (Wildman–Crippen LogP) is 3.15. The molecule has 0 aliphatic carbocycles. The molecule has 6 nitrogen and oxygen atoms in total. The van der Waals surface area contributed by atoms with Crippen molar-refractivity contribution in [1.29, 1.82) is 0 Å². The summed E-state index contributed by atoms with van der Waals surface area (Å²) in [6.07, 6.45) is 0.226. The largest absolute Gasteiger partial charge is 0.492 e. The van der Waals surface area contributed by atoms with Crippen LogP contribution in [0.25, 0.3) is 0 Å². The Morgan fingerprint density at radius 3 is 2.39 bits per heavy atom. The van der Waals surface area contributed by atoms with E-state index in [2.05, 4.69) is 10.0 Å². The smallest absolute Gasteiger partial charge is 0.241 e. The zero-order chi connectivity index (χ0) is 20.7. The van der Waals surface area contributed by atoms with E-state index in [1.165, 1.54) is 18.2 Å². The van der Waals surface area contributed by atoms with Crippen LogP contribution in [0.5, 0.6) is 5.75 Å². The van der Waals surface area contributed by atoms with Gasteiger partial charge in [-0.1, -0.05) is 41.9 Å². The summed E-state index contributed by atoms with van der Waals surface area (Å²) in [4.78, 5) is 12.6. The van der Waals surface area contributed by atoms with Crippen LogP contribution in [-0.2, 0) is 21.2 Å². The number of amides is 1. The van der Waals surface area contributed by atoms with E-state index in [0.717, 1.165) is 5.56 Å². The Bertz CT molecular complexity index is 902. The highest BCUT2D eigenvalue weighted by molar-refractivity contribution is 7.89. The molecule has 0 spiro atoms. The van der Waals surface area contributed by atoms with Crippen LogP contribution in [0.1, 0.15) is 26.3 Å². The van der Waals surface area contributed by atoms with Crippen molar-refractivity contribution in [2.75, 3.05) is 6.61 Å². The molecule has 0 saturated carbocycles. The van der Waals surface area contributed by atoms with E-state index in [-0.39, 0.29) is 28.3 Å². The number of halogens is 1. The summed E-state index contributed by atoms with van der Waals surface area (Å²) < 4.78 is 33.5. The number of benzene rings is 2. The fourth-order valence-corrected chi connectivity index (χ4v) is 4.12. The molecule has 2 rings (SSSR count). The molecule has 0 saturated heterocycles. The Hall–Kier alpha value is -2.09. The fraction of sp³-hybridized carbons (Fsp3) is 0.350. The first-order chi connectivity index (χ1) is 13.2. The van der Waals surface area contributed by atoms with E-state index in [1.54, 1.807) is 0 Å². The second-order valence-electron chi connectivity index (χ2n) is 6.55. The minimum absolute atomic E-state index is 0.0311. The molecule has 0 radical (unpaired) electrons. The molecule has 1 amide bonds. The zero-order valence-corrected chi connectivity index (χ0v) is 17.7. The Labute approximate surface area is 171 Å². The number of sulfonamides is 1. The minimum atomic E-state index is -3.97. The van der Waals surface area contributed by atoms with Gasteiger partial charge in [0.1, 0.15) is 11.8 Å². The van der Waals surface area contributed by atoms with Gasteiger partial charge in [0.15, 0.2) is 0 Å². The summed E-state index contributed by atoms with van der Waals surface area (Å²) in [6, 6.07) is 12.4. The molecule has 2 aromatic rings. The third-order valence-corrected chi connectivity index (χ3v) is 5.61. The number of carbonyl (C=O) groups excluding carboxylic acids is 1. The first-order valence-corrected chi connectivity index (χ1v) is 10.9. The highest BCUT2D eigenvalue weighted by Gasteiger charge is 2.27. The van der Waals surface area contributed by atoms with Crippen molar-refractivity contribution in [3.05, 3.63) is 59.1 Å². The Morgan fingerprint density at radius 2 is 1.82 bits per heavy atom. The Kier molecular flexibility index (Phi) is 7.86. The van der Waals surface area contributed by atoms with Crippen molar-refractivity contribution in [3.8, 4) is 5.75 Å². The summed E-state index contributed by atoms with van der Waals surface area (Å²) in [5, 5.41) is 2.95. The van der Waals surface area contributed by atoms with E-state index in [0.29, 0.717) is 12.4 Å². The van der Waals surface area contributed by atoms with Gasteiger partial charge in [0.05, 0.1) is 16.5 Å². The lowest BCUT2D eigenvalue weighted by atomic mass is 10.1. The van der Waals surface area contributed by atoms with Gasteiger partial charge in [0.2, 0.25) is 15.9 Å². The van der Waals surface area contributed by atoms with Crippen LogP contribution >= 0.6 is 11.6 Å². The van der Waals surface area contributed by atoms with Crippen LogP contribution in [0.2, 0.25) is 5.02 Å². The van der Waals surface area contributed by atoms with Crippen molar-refractivity contribution in [2.24, 2.45) is 0 Å². The summed E-state index contributed by atoms with van der Waals surface area (Å²) >= 11 is 6.12. The average Bonchev–Trinajstić information content (AvgIpc) is 2.63. The van der Waals surface area contributed by atoms with Crippen LogP contribution in [0.3, 0.4) is 0 Å². The van der Waals surface area contributed by atoms with E-state index in [1.807, 2.05) is 51.1 Å². The maximum absolute atomic E-state index is 12.9. The molecule has 2 N–H and O–H groups in total. The van der Waals surface area contributed by atoms with Crippen LogP contribution in [0.15, 0.2) is 53.4 Å². The summed E-state index contributed by atoms with van der Waals surface area (Å²) in [5.74, 6) is 0.0148. The molecule has 0 heterocycles. The lowest BCUT2D eigenvalue weighted by Crippen LogP contribution is -2.49. The molecular weight excluding hydrogens is 400 g/mol. The summed E-state index contributed by atoms with van der Waals surface area (Å²) in [6.45, 7) is 5.86. The molecular formula is C20H25ClN2O4S. The fourth-order valence-electron chi connectivity index (χ4n) is 2.60. The molecule has 152 valence electrons. The SMILES string of the molecule is CCOc1ccc(S(=O)(=O)N[C@H](Cc2ccccc2)C(=O)NC(C)C)cc1Cl. The van der Waals surface area contributed by atoms with E-state index in [4.69, 9.17) is 16.3 Å². The molecule has 1 atom stereocenters. The molecule has 0 fully saturated rings. The number of carbonyl (C=O) groups is 1. The number of ether oxygens (including phenoxy) is 1. The number of rotatable bonds is 9. The van der Waals surface area contributed by atoms with Crippen molar-refractivity contribution < 1.29 is 17.9 Å². The van der Waals surface area contributed by atoms with Crippen molar-refractivity contribution in [3.63, 3.8) is 0 Å². The van der Waals surface area contributed by atoms with Gasteiger partial charge in [0.25, 0.3) is 0 Å². The zero-order valence-electron chi connectivity index (χ0n) is 16.1. The molecule has 0 aliphatic rings. The van der Waals surface area contributed by atoms with Gasteiger partial charge in [-0.25, -0.2) is 8.42 Å². The van der Waals surface area contributed by atoms with Gasteiger partial charge >= 0.3 is 0 Å². The molecule has 0 bridgehead atoms. The molecule has 8 heteroatoms. The third kappa shape index (κ3) is 6.22. The number of hydrogen-bond donors (Lipinski definition) is 2. The maximum Gasteiger partial charge on any atom is 0.241 e. The maximum atomic E-state index is 12.9. The first kappa shape index (κ1) is 22.2. The number of hydrogen-bond acceptors (Lipinski definition) is 4. The normalized spacial score (nSPS) is 12.6. The summed E-state index contributed by atoms with van der Waals surface area (Å²) in [5.41, 5.74) is 0.846. The summed E-state index contributed by atoms with van der Waals surface area (Å²) in [7, 11) is -3.97. The van der Waals surface area contributed by atoms with Crippen molar-refractivity contribution in [1.82, 2.24) is 10.0 Å². The second-order valence-corrected chi connectivity index (χ2v) is 8.67. The molecule has 0 unspecified atom stereocenters. The Balaban J connectivity index is 2.28. The molecule has 0 aliphatic heterocycles. The van der Waals surface area contributed by atoms with E-state index < -0.39 is 16.1 Å². The minimum Gasteiger partial charge on any atom is -0.492 e. The number of nitrogens with one attached hydrogen (secondary N) is 2. The van der Waals surface area contributed by atoms with Gasteiger partial charge in [-0.3, -0.25) is 4.79 Å². The van der Waals surface area contributed by atoms with Crippen molar-refractivity contribution in [2.45, 2.75) is 44.2 Å². The van der Waals surface area contributed by atoms with Gasteiger partial charge in [-0.2, -0.15) is 4.72 Å². The van der Waals surface area contributed by atoms with Gasteiger partial charge in [0, 0.05) is 6.04 Å². The van der Waals surface area contributed by atoms with E-state index >= 15 is 0 Å².